The van der Waals surface area contributed by atoms with E-state index in [2.05, 4.69) is 15.5 Å². The highest BCUT2D eigenvalue weighted by Gasteiger charge is 2.10. The number of para-hydroxylation sites is 1. The van der Waals surface area contributed by atoms with Crippen LogP contribution in [0.15, 0.2) is 54.6 Å². The molecule has 0 radical (unpaired) electrons. The van der Waals surface area contributed by atoms with Crippen LogP contribution in [0.2, 0.25) is 0 Å². The zero-order valence-electron chi connectivity index (χ0n) is 14.9. The van der Waals surface area contributed by atoms with Crippen molar-refractivity contribution < 1.29 is 14.5 Å². The number of ether oxygens (including phenoxy) is 1. The Labute approximate surface area is 164 Å². The van der Waals surface area contributed by atoms with Crippen LogP contribution < -0.4 is 10.1 Å². The molecule has 9 heteroatoms. The lowest BCUT2D eigenvalue weighted by molar-refractivity contribution is -0.384. The third-order valence-corrected chi connectivity index (χ3v) is 4.58. The van der Waals surface area contributed by atoms with E-state index in [1.807, 2.05) is 24.3 Å². The number of nitro groups is 1. The molecule has 1 aromatic heterocycles. The van der Waals surface area contributed by atoms with Crippen molar-refractivity contribution in [2.75, 3.05) is 12.4 Å². The van der Waals surface area contributed by atoms with Gasteiger partial charge >= 0.3 is 0 Å². The summed E-state index contributed by atoms with van der Waals surface area (Å²) in [7, 11) is 1.61. The Morgan fingerprint density at radius 1 is 1.25 bits per heavy atom. The third kappa shape index (κ3) is 4.98. The molecule has 0 aliphatic rings. The molecule has 0 fully saturated rings. The van der Waals surface area contributed by atoms with Crippen LogP contribution in [-0.2, 0) is 11.2 Å². The van der Waals surface area contributed by atoms with E-state index in [4.69, 9.17) is 4.74 Å². The Morgan fingerprint density at radius 2 is 2.07 bits per heavy atom. The van der Waals surface area contributed by atoms with Crippen molar-refractivity contribution in [3.8, 4) is 5.75 Å². The molecule has 3 aromatic rings. The second-order valence-corrected chi connectivity index (χ2v) is 6.73. The number of non-ortho nitro benzene ring substituents is 1. The minimum absolute atomic E-state index is 0.0346. The maximum Gasteiger partial charge on any atom is 0.270 e. The van der Waals surface area contributed by atoms with Gasteiger partial charge in [0.05, 0.1) is 12.0 Å². The van der Waals surface area contributed by atoms with Crippen LogP contribution in [0, 0.1) is 10.1 Å². The van der Waals surface area contributed by atoms with Crippen LogP contribution in [0.1, 0.15) is 16.1 Å². The van der Waals surface area contributed by atoms with Gasteiger partial charge in [-0.2, -0.15) is 0 Å². The summed E-state index contributed by atoms with van der Waals surface area (Å²) < 4.78 is 5.32. The van der Waals surface area contributed by atoms with Crippen molar-refractivity contribution >= 4 is 34.1 Å². The van der Waals surface area contributed by atoms with Gasteiger partial charge in [-0.1, -0.05) is 41.7 Å². The largest absolute Gasteiger partial charge is 0.496 e. The van der Waals surface area contributed by atoms with Crippen molar-refractivity contribution in [3.05, 3.63) is 80.9 Å². The quantitative estimate of drug-likeness (QED) is 0.371. The van der Waals surface area contributed by atoms with E-state index >= 15 is 0 Å². The Kier molecular flexibility index (Phi) is 6.07. The summed E-state index contributed by atoms with van der Waals surface area (Å²) in [5, 5.41) is 22.6. The lowest BCUT2D eigenvalue weighted by atomic mass is 10.1. The normalized spacial score (nSPS) is 10.8. The number of nitrogens with zero attached hydrogens (tertiary/aromatic N) is 3. The van der Waals surface area contributed by atoms with Crippen molar-refractivity contribution in [2.45, 2.75) is 6.42 Å². The van der Waals surface area contributed by atoms with Gasteiger partial charge in [-0.05, 0) is 17.7 Å². The Morgan fingerprint density at radius 3 is 2.86 bits per heavy atom. The Balaban J connectivity index is 1.62. The molecule has 0 spiro atoms. The number of aromatic nitrogens is 2. The highest BCUT2D eigenvalue weighted by molar-refractivity contribution is 7.15. The second-order valence-electron chi connectivity index (χ2n) is 5.66. The van der Waals surface area contributed by atoms with Gasteiger partial charge in [-0.15, -0.1) is 10.2 Å². The molecule has 1 heterocycles. The average molecular weight is 396 g/mol. The molecule has 0 aliphatic carbocycles. The van der Waals surface area contributed by atoms with Crippen molar-refractivity contribution in [3.63, 3.8) is 0 Å². The number of amides is 1. The summed E-state index contributed by atoms with van der Waals surface area (Å²) in [4.78, 5) is 22.4. The fraction of sp³-hybridized carbons (Fsp3) is 0.105. The third-order valence-electron chi connectivity index (χ3n) is 3.74. The SMILES string of the molecule is COc1ccccc1Cc1nnc(NC(=O)/C=C/c2cccc([N+](=O)[O-])c2)s1. The summed E-state index contributed by atoms with van der Waals surface area (Å²) in [6.07, 6.45) is 3.33. The lowest BCUT2D eigenvalue weighted by Gasteiger charge is -2.05. The monoisotopic (exact) mass is 396 g/mol. The van der Waals surface area contributed by atoms with Crippen molar-refractivity contribution in [2.24, 2.45) is 0 Å². The molecule has 1 amide bonds. The Hall–Kier alpha value is -3.59. The first-order valence-corrected chi connectivity index (χ1v) is 9.04. The first kappa shape index (κ1) is 19.2. The molecule has 0 atom stereocenters. The van der Waals surface area contributed by atoms with Crippen LogP contribution >= 0.6 is 11.3 Å². The van der Waals surface area contributed by atoms with Gasteiger partial charge in [0, 0.05) is 30.2 Å². The van der Waals surface area contributed by atoms with Crippen LogP contribution in [0.3, 0.4) is 0 Å². The van der Waals surface area contributed by atoms with Crippen molar-refractivity contribution in [1.82, 2.24) is 10.2 Å². The summed E-state index contributed by atoms with van der Waals surface area (Å²) in [5.41, 5.74) is 1.50. The number of anilines is 1. The molecule has 3 rings (SSSR count). The van der Waals surface area contributed by atoms with Crippen LogP contribution in [0.4, 0.5) is 10.8 Å². The highest BCUT2D eigenvalue weighted by atomic mass is 32.1. The first-order chi connectivity index (χ1) is 13.5. The first-order valence-electron chi connectivity index (χ1n) is 8.23. The fourth-order valence-corrected chi connectivity index (χ4v) is 3.21. The molecule has 28 heavy (non-hydrogen) atoms. The number of hydrogen-bond donors (Lipinski definition) is 1. The number of carbonyl (C=O) groups is 1. The van der Waals surface area contributed by atoms with Crippen LogP contribution in [0.25, 0.3) is 6.08 Å². The number of benzene rings is 2. The molecule has 0 unspecified atom stereocenters. The predicted octanol–water partition coefficient (Wildman–Crippen LogP) is 3.70. The van der Waals surface area contributed by atoms with Gasteiger partial charge in [0.1, 0.15) is 10.8 Å². The van der Waals surface area contributed by atoms with Gasteiger partial charge in [0.2, 0.25) is 11.0 Å². The zero-order chi connectivity index (χ0) is 19.9. The average Bonchev–Trinajstić information content (AvgIpc) is 3.13. The molecule has 142 valence electrons. The molecular formula is C19H16N4O4S. The van der Waals surface area contributed by atoms with Gasteiger partial charge in [-0.25, -0.2) is 0 Å². The van der Waals surface area contributed by atoms with Gasteiger partial charge < -0.3 is 4.74 Å². The molecule has 0 saturated carbocycles. The fourth-order valence-electron chi connectivity index (χ4n) is 2.45. The van der Waals surface area contributed by atoms with E-state index in [1.54, 1.807) is 19.2 Å². The van der Waals surface area contributed by atoms with E-state index < -0.39 is 10.8 Å². The Bertz CT molecular complexity index is 1030. The van der Waals surface area contributed by atoms with Crippen LogP contribution in [0.5, 0.6) is 5.75 Å². The summed E-state index contributed by atoms with van der Waals surface area (Å²) >= 11 is 1.27. The summed E-state index contributed by atoms with van der Waals surface area (Å²) in [6.45, 7) is 0. The summed E-state index contributed by atoms with van der Waals surface area (Å²) in [5.74, 6) is 0.370. The topological polar surface area (TPSA) is 107 Å². The zero-order valence-corrected chi connectivity index (χ0v) is 15.7. The molecular weight excluding hydrogens is 380 g/mol. The molecule has 1 N–H and O–H groups in total. The minimum atomic E-state index is -0.484. The van der Waals surface area contributed by atoms with E-state index in [0.29, 0.717) is 17.1 Å². The maximum atomic E-state index is 12.1. The highest BCUT2D eigenvalue weighted by Crippen LogP contribution is 2.24. The standard InChI is InChI=1S/C19H16N4O4S/c1-27-16-8-3-2-6-14(16)12-18-21-22-19(28-18)20-17(24)10-9-13-5-4-7-15(11-13)23(25)26/h2-11H,12H2,1H3,(H,20,22,24)/b10-9+. The molecule has 2 aromatic carbocycles. The van der Waals surface area contributed by atoms with E-state index in [0.717, 1.165) is 16.3 Å². The predicted molar refractivity (Wildman–Crippen MR) is 106 cm³/mol. The molecule has 0 aliphatic heterocycles. The summed E-state index contributed by atoms with van der Waals surface area (Å²) in [6, 6.07) is 13.6. The van der Waals surface area contributed by atoms with E-state index in [9.17, 15) is 14.9 Å². The lowest BCUT2D eigenvalue weighted by Crippen LogP contribution is -2.07. The number of nitrogens with one attached hydrogen (secondary N) is 1. The number of carbonyl (C=O) groups excluding carboxylic acids is 1. The minimum Gasteiger partial charge on any atom is -0.496 e. The smallest absolute Gasteiger partial charge is 0.270 e. The van der Waals surface area contributed by atoms with Gasteiger partial charge in [0.25, 0.3) is 5.69 Å². The number of rotatable bonds is 7. The number of methoxy groups -OCH3 is 1. The molecule has 8 nitrogen and oxygen atoms in total. The molecule has 0 saturated heterocycles. The number of hydrogen-bond acceptors (Lipinski definition) is 7. The van der Waals surface area contributed by atoms with Crippen LogP contribution in [-0.4, -0.2) is 28.1 Å². The van der Waals surface area contributed by atoms with Crippen molar-refractivity contribution in [1.29, 1.82) is 0 Å². The van der Waals surface area contributed by atoms with E-state index in [1.165, 1.54) is 35.6 Å². The number of nitro benzene ring substituents is 1. The molecule has 0 bridgehead atoms. The van der Waals surface area contributed by atoms with Gasteiger partial charge in [0.15, 0.2) is 0 Å². The van der Waals surface area contributed by atoms with Gasteiger partial charge in [-0.3, -0.25) is 20.2 Å². The maximum absolute atomic E-state index is 12.1. The van der Waals surface area contributed by atoms with E-state index in [-0.39, 0.29) is 5.69 Å². The second kappa shape index (κ2) is 8.87.